The lowest BCUT2D eigenvalue weighted by Crippen LogP contribution is -2.34. The van der Waals surface area contributed by atoms with Crippen molar-refractivity contribution in [3.8, 4) is 0 Å². The highest BCUT2D eigenvalue weighted by Crippen LogP contribution is 2.86. The van der Waals surface area contributed by atoms with Crippen LogP contribution in [-0.4, -0.2) is 29.7 Å². The van der Waals surface area contributed by atoms with E-state index in [1.54, 1.807) is 24.3 Å². The molecule has 2 saturated heterocycles. The number of hydrogen-bond acceptors (Lipinski definition) is 5. The molecule has 0 bridgehead atoms. The van der Waals surface area contributed by atoms with E-state index in [9.17, 15) is 14.2 Å². The summed E-state index contributed by atoms with van der Waals surface area (Å²) in [5, 5.41) is 0. The second-order valence-corrected chi connectivity index (χ2v) is 11.7. The van der Waals surface area contributed by atoms with Crippen molar-refractivity contribution in [2.24, 2.45) is 29.1 Å². The normalized spacial score (nSPS) is 44.6. The summed E-state index contributed by atoms with van der Waals surface area (Å²) >= 11 is 0. The Morgan fingerprint density at radius 2 is 1.74 bits per heavy atom. The minimum absolute atomic E-state index is 0.0240. The van der Waals surface area contributed by atoms with Crippen LogP contribution >= 0.6 is 7.60 Å². The minimum atomic E-state index is -3.46. The first-order chi connectivity index (χ1) is 12.6. The zero-order valence-electron chi connectivity index (χ0n) is 15.9. The molecule has 1 aromatic rings. The van der Waals surface area contributed by atoms with Crippen LogP contribution in [0.25, 0.3) is 0 Å². The van der Waals surface area contributed by atoms with E-state index in [1.807, 2.05) is 33.8 Å². The molecule has 0 radical (unpaired) electrons. The van der Waals surface area contributed by atoms with Gasteiger partial charge in [-0.05, 0) is 24.5 Å². The highest BCUT2D eigenvalue weighted by molar-refractivity contribution is 7.55. The number of carbonyl (C=O) groups is 2. The molecule has 2 heterocycles. The molecule has 4 fully saturated rings. The predicted molar refractivity (Wildman–Crippen MR) is 99.2 cm³/mol. The molecule has 0 aromatic heterocycles. The number of imide groups is 1. The molecule has 2 aliphatic carbocycles. The van der Waals surface area contributed by atoms with Crippen LogP contribution in [0.4, 0.5) is 5.69 Å². The highest BCUT2D eigenvalue weighted by Gasteiger charge is 2.89. The van der Waals surface area contributed by atoms with Gasteiger partial charge in [0.2, 0.25) is 11.8 Å². The summed E-state index contributed by atoms with van der Waals surface area (Å²) < 4.78 is 25.4. The number of para-hydroxylation sites is 1. The fraction of sp³-hybridized carbons (Fsp3) is 0.600. The van der Waals surface area contributed by atoms with E-state index >= 15 is 0 Å². The van der Waals surface area contributed by atoms with Crippen molar-refractivity contribution >= 4 is 25.1 Å². The monoisotopic (exact) mass is 389 g/mol. The molecule has 4 aliphatic rings. The molecule has 144 valence electrons. The third-order valence-electron chi connectivity index (χ3n) is 6.50. The van der Waals surface area contributed by atoms with Gasteiger partial charge in [0.1, 0.15) is 0 Å². The molecule has 7 heteroatoms. The summed E-state index contributed by atoms with van der Waals surface area (Å²) in [5.74, 6) is -1.57. The molecular weight excluding hydrogens is 365 g/mol. The molecule has 2 saturated carbocycles. The Morgan fingerprint density at radius 3 is 2.37 bits per heavy atom. The maximum absolute atomic E-state index is 13.6. The largest absolute Gasteiger partial charge is 0.335 e. The Morgan fingerprint density at radius 1 is 1.11 bits per heavy atom. The standard InChI is InChI=1S/C20H24NO5P/c1-19(2,3)10-25-27(24)16-13-12(14-15(16)20(14,4)26-27)17(22)21(18(13)23)11-8-6-5-7-9-11/h5-9,12-16H,10H2,1-4H3/t12-,13+,14-,15-,16-,20+,27-/m1/s1. The fourth-order valence-electron chi connectivity index (χ4n) is 5.44. The van der Waals surface area contributed by atoms with Gasteiger partial charge in [-0.3, -0.25) is 19.1 Å². The van der Waals surface area contributed by atoms with Crippen molar-refractivity contribution in [1.82, 2.24) is 0 Å². The number of nitrogens with zero attached hydrogens (tertiary/aromatic N) is 1. The Balaban J connectivity index is 1.51. The van der Waals surface area contributed by atoms with Gasteiger partial charge in [0.15, 0.2) is 0 Å². The van der Waals surface area contributed by atoms with Crippen LogP contribution in [0.2, 0.25) is 0 Å². The maximum atomic E-state index is 13.6. The molecule has 0 unspecified atom stereocenters. The van der Waals surface area contributed by atoms with Crippen LogP contribution < -0.4 is 4.90 Å². The number of benzene rings is 1. The number of hydrogen-bond donors (Lipinski definition) is 0. The van der Waals surface area contributed by atoms with Crippen LogP contribution in [0.15, 0.2) is 30.3 Å². The molecule has 0 N–H and O–H groups in total. The second-order valence-electron chi connectivity index (χ2n) is 9.59. The summed E-state index contributed by atoms with van der Waals surface area (Å²) in [7, 11) is -3.46. The van der Waals surface area contributed by atoms with Crippen molar-refractivity contribution in [3.63, 3.8) is 0 Å². The smallest absolute Gasteiger partial charge is 0.308 e. The van der Waals surface area contributed by atoms with Gasteiger partial charge in [-0.15, -0.1) is 0 Å². The van der Waals surface area contributed by atoms with E-state index in [2.05, 4.69) is 0 Å². The third kappa shape index (κ3) is 2.18. The molecular formula is C20H24NO5P. The lowest BCUT2D eigenvalue weighted by atomic mass is 9.90. The van der Waals surface area contributed by atoms with Gasteiger partial charge in [-0.2, -0.15) is 0 Å². The van der Waals surface area contributed by atoms with Crippen LogP contribution in [-0.2, 0) is 23.2 Å². The van der Waals surface area contributed by atoms with Crippen molar-refractivity contribution in [2.45, 2.75) is 39.0 Å². The molecule has 5 rings (SSSR count). The zero-order chi connectivity index (χ0) is 19.4. The molecule has 2 amide bonds. The summed E-state index contributed by atoms with van der Waals surface area (Å²) in [4.78, 5) is 27.6. The predicted octanol–water partition coefficient (Wildman–Crippen LogP) is 3.47. The molecule has 6 nitrogen and oxygen atoms in total. The van der Waals surface area contributed by atoms with Crippen molar-refractivity contribution in [3.05, 3.63) is 30.3 Å². The number of rotatable bonds is 3. The third-order valence-corrected chi connectivity index (χ3v) is 9.01. The summed E-state index contributed by atoms with van der Waals surface area (Å²) in [6.45, 7) is 8.20. The number of amides is 2. The summed E-state index contributed by atoms with van der Waals surface area (Å²) in [6, 6.07) is 8.97. The quantitative estimate of drug-likeness (QED) is 0.585. The van der Waals surface area contributed by atoms with Gasteiger partial charge in [0.05, 0.1) is 35.4 Å². The molecule has 1 aromatic carbocycles. The van der Waals surface area contributed by atoms with Gasteiger partial charge in [-0.25, -0.2) is 0 Å². The van der Waals surface area contributed by atoms with Gasteiger partial charge >= 0.3 is 7.60 Å². The fourth-order valence-corrected chi connectivity index (χ4v) is 8.72. The SMILES string of the molecule is CC(C)(C)CO[P@@]1(=O)O[C@@]2(C)[C@@H]3[C@@H]4C(=O)N(c5ccccc5)C(=O)[C@@H]4[C@@H]1[C@@H]32. The van der Waals surface area contributed by atoms with E-state index in [0.29, 0.717) is 5.69 Å². The first kappa shape index (κ1) is 17.6. The Bertz CT molecular complexity index is 893. The lowest BCUT2D eigenvalue weighted by Gasteiger charge is -2.27. The maximum Gasteiger partial charge on any atom is 0.335 e. The minimum Gasteiger partial charge on any atom is -0.308 e. The van der Waals surface area contributed by atoms with E-state index in [4.69, 9.17) is 9.05 Å². The Hall–Kier alpha value is -1.49. The molecule has 7 atom stereocenters. The Kier molecular flexibility index (Phi) is 3.33. The van der Waals surface area contributed by atoms with Crippen LogP contribution in [0.5, 0.6) is 0 Å². The van der Waals surface area contributed by atoms with Crippen molar-refractivity contribution in [1.29, 1.82) is 0 Å². The van der Waals surface area contributed by atoms with E-state index in [1.165, 1.54) is 4.90 Å². The van der Waals surface area contributed by atoms with E-state index in [0.717, 1.165) is 0 Å². The topological polar surface area (TPSA) is 72.9 Å². The number of fused-ring (bicyclic) bond motifs is 4. The first-order valence-corrected chi connectivity index (χ1v) is 11.1. The molecule has 2 aliphatic heterocycles. The Labute approximate surface area is 158 Å². The van der Waals surface area contributed by atoms with Gasteiger partial charge in [0.25, 0.3) is 0 Å². The highest BCUT2D eigenvalue weighted by atomic mass is 31.2. The summed E-state index contributed by atoms with van der Waals surface area (Å²) in [6.07, 6.45) is 0. The van der Waals surface area contributed by atoms with Crippen LogP contribution in [0.1, 0.15) is 27.7 Å². The van der Waals surface area contributed by atoms with Crippen molar-refractivity contribution < 1.29 is 23.2 Å². The zero-order valence-corrected chi connectivity index (χ0v) is 16.8. The van der Waals surface area contributed by atoms with E-state index in [-0.39, 0.29) is 35.7 Å². The first-order valence-electron chi connectivity index (χ1n) is 9.46. The molecule has 0 spiro atoms. The average Bonchev–Trinajstić information content (AvgIpc) is 2.87. The lowest BCUT2D eigenvalue weighted by molar-refractivity contribution is -0.123. The number of anilines is 1. The molecule has 27 heavy (non-hydrogen) atoms. The van der Waals surface area contributed by atoms with Gasteiger partial charge in [0, 0.05) is 11.8 Å². The van der Waals surface area contributed by atoms with Gasteiger partial charge in [-0.1, -0.05) is 39.0 Å². The second kappa shape index (κ2) is 5.11. The van der Waals surface area contributed by atoms with Crippen molar-refractivity contribution in [2.75, 3.05) is 11.5 Å². The van der Waals surface area contributed by atoms with Crippen LogP contribution in [0.3, 0.4) is 0 Å². The van der Waals surface area contributed by atoms with E-state index < -0.39 is 30.7 Å². The van der Waals surface area contributed by atoms with Crippen LogP contribution in [0, 0.1) is 29.1 Å². The average molecular weight is 389 g/mol. The summed E-state index contributed by atoms with van der Waals surface area (Å²) in [5.41, 5.74) is -0.712. The van der Waals surface area contributed by atoms with Gasteiger partial charge < -0.3 is 9.05 Å². The number of carbonyl (C=O) groups excluding carboxylic acids is 2.